The second-order valence-electron chi connectivity index (χ2n) is 25.5. The summed E-state index contributed by atoms with van der Waals surface area (Å²) in [7, 11) is -5.92. The molecule has 20 N–H and O–H groups in total. The standard InChI is InChI=1S/C60H87N6O39P/c1-22(71)15-27-29(75)16-60(58(87)88,105-106(90,91)95-19-32-38(78)43(83)51(96-32)66-13-11-33(61)65-59(66)89)104-46(27)36(76)28(74)6-4-5-25-7-9-26(10-8-25)50(86)62-12-14-92-54-44(84)41(81)48(56(102-54)93-20-69)101-53-35(64-24(3)73)40(80)47(31(18-68)98-53)99-55-45(85)42(82)49(57(103-55)94-21-70)100-52-34(63-23(2)72)39(79)37(77)30(17-67)97-52/h7-11,13,20-21,27-32,34-49,51-57,67-68,74-85H,4-6,12,14-19H2,1-3H3,(H,62,86)(H,63,72)(H,64,73)(H,87,88)(H,90,91)(H2,61,65,89)/p-1/t27-,28-,29-,30?,31?,32-,34?,35?,36-,37-,38+,39-,40-,41-,42-,43?,44?,45?,46?,47-,48+,49+,51-,52-,53-,54-,55-,56?,57?,60-/m1/s1. The number of Topliss-reactive ketones (excluding diaryl/α,β-unsaturated/α-hetero) is 1. The maximum absolute atomic E-state index is 13.3. The summed E-state index contributed by atoms with van der Waals surface area (Å²) >= 11 is 0. The van der Waals surface area contributed by atoms with Crippen LogP contribution in [0.4, 0.5) is 5.82 Å². The van der Waals surface area contributed by atoms with Crippen LogP contribution < -0.4 is 32.3 Å². The Labute approximate surface area is 598 Å². The molecule has 0 saturated carbocycles. The molecule has 7 heterocycles. The van der Waals surface area contributed by atoms with Crippen LogP contribution in [0.3, 0.4) is 0 Å². The highest BCUT2D eigenvalue weighted by molar-refractivity contribution is 7.46. The number of aliphatic carboxylic acids is 1. The molecule has 46 heteroatoms. The van der Waals surface area contributed by atoms with Crippen molar-refractivity contribution in [1.82, 2.24) is 25.5 Å². The molecule has 1 aromatic heterocycles. The van der Waals surface area contributed by atoms with Gasteiger partial charge in [-0.2, -0.15) is 4.98 Å². The summed E-state index contributed by atoms with van der Waals surface area (Å²) < 4.78 is 90.4. The summed E-state index contributed by atoms with van der Waals surface area (Å²) in [6, 6.07) is 3.65. The number of nitrogen functional groups attached to an aromatic ring is 1. The Morgan fingerprint density at radius 3 is 1.82 bits per heavy atom. The van der Waals surface area contributed by atoms with Gasteiger partial charge in [-0.25, -0.2) is 9.59 Å². The van der Waals surface area contributed by atoms with Crippen LogP contribution in [0.1, 0.15) is 68.6 Å². The number of rotatable bonds is 34. The smallest absolute Gasteiger partial charge is 0.364 e. The van der Waals surface area contributed by atoms with E-state index in [1.807, 2.05) is 0 Å². The van der Waals surface area contributed by atoms with Gasteiger partial charge < -0.3 is 169 Å². The van der Waals surface area contributed by atoms with Gasteiger partial charge in [-0.1, -0.05) is 12.1 Å². The van der Waals surface area contributed by atoms with Crippen molar-refractivity contribution in [3.05, 3.63) is 58.1 Å². The molecule has 45 nitrogen and oxygen atoms in total. The SMILES string of the molecule is CC(=O)C[C@H]1C([C@H](O)[C@H](O)CCCc2ccc(C(=O)NCCO[C@@H]3OC(OC=O)[C@@H](O[C@H]4OC(CO)[C@@H](O[C@@H]5OC(OC=O)[C@@H](O[C@H]6OC(CO)[C@@H](O)[C@H](O)C6NC(C)=O)[C@H](O)C5O)[C@H](O)C4NC(C)=O)[C@H](O)C3O)cc2)O[C@](OP(=O)([O-])OC[C@H]2O[C@@H](n3ccc(N)nc3=O)C(O)[C@H]2O)(C(=O)O)C[C@H]1O. The van der Waals surface area contributed by atoms with E-state index in [4.69, 9.17) is 71.6 Å². The third kappa shape index (κ3) is 20.3. The summed E-state index contributed by atoms with van der Waals surface area (Å²) in [5.74, 6) is -10.0. The molecular weight excluding hydrogens is 1460 g/mol. The van der Waals surface area contributed by atoms with Gasteiger partial charge in [0.15, 0.2) is 43.6 Å². The lowest BCUT2D eigenvalue weighted by Crippen LogP contribution is -2.70. The molecule has 6 aliphatic rings. The number of nitrogens with one attached hydrogen (secondary N) is 3. The lowest BCUT2D eigenvalue weighted by atomic mass is 9.80. The number of amides is 3. The zero-order valence-electron chi connectivity index (χ0n) is 56.4. The summed E-state index contributed by atoms with van der Waals surface area (Å²) in [6.45, 7) is -1.04. The molecule has 31 atom stereocenters. The van der Waals surface area contributed by atoms with Crippen LogP contribution in [-0.4, -0.2) is 333 Å². The van der Waals surface area contributed by atoms with E-state index < -0.39 is 266 Å². The van der Waals surface area contributed by atoms with Gasteiger partial charge >= 0.3 is 11.7 Å². The highest BCUT2D eigenvalue weighted by Gasteiger charge is 2.60. The minimum absolute atomic E-state index is 0.0802. The van der Waals surface area contributed by atoms with Gasteiger partial charge in [0.1, 0.15) is 109 Å². The van der Waals surface area contributed by atoms with Gasteiger partial charge in [-0.05, 0) is 49.9 Å². The Balaban J connectivity index is 0.815. The van der Waals surface area contributed by atoms with Gasteiger partial charge in [0.25, 0.3) is 32.5 Å². The van der Waals surface area contributed by atoms with Crippen molar-refractivity contribution in [2.75, 3.05) is 38.7 Å². The lowest BCUT2D eigenvalue weighted by molar-refractivity contribution is -0.398. The van der Waals surface area contributed by atoms with Gasteiger partial charge in [-0.15, -0.1) is 0 Å². The minimum atomic E-state index is -5.92. The highest BCUT2D eigenvalue weighted by atomic mass is 31.2. The van der Waals surface area contributed by atoms with Crippen LogP contribution in [0.15, 0.2) is 41.3 Å². The number of ketones is 1. The Morgan fingerprint density at radius 1 is 0.708 bits per heavy atom. The number of carbonyl (C=O) groups is 7. The van der Waals surface area contributed by atoms with Crippen molar-refractivity contribution < 1.29 is 186 Å². The quantitative estimate of drug-likeness (QED) is 0.0176. The molecule has 106 heavy (non-hydrogen) atoms. The molecule has 0 bridgehead atoms. The van der Waals surface area contributed by atoms with E-state index in [9.17, 15) is 124 Å². The number of aryl methyl sites for hydroxylation is 1. The van der Waals surface area contributed by atoms with Crippen LogP contribution in [0.25, 0.3) is 0 Å². The highest BCUT2D eigenvalue weighted by Crippen LogP contribution is 2.50. The third-order valence-electron chi connectivity index (χ3n) is 18.0. The molecule has 3 amide bonds. The first-order chi connectivity index (χ1) is 50.1. The molecule has 8 rings (SSSR count). The number of anilines is 1. The lowest BCUT2D eigenvalue weighted by Gasteiger charge is -2.49. The summed E-state index contributed by atoms with van der Waals surface area (Å²) in [6.07, 6.45) is -50.9. The second kappa shape index (κ2) is 37.3. The van der Waals surface area contributed by atoms with Crippen LogP contribution in [-0.2, 0) is 106 Å². The number of hydrogen-bond acceptors (Lipinski definition) is 40. The Bertz CT molecular complexity index is 3410. The van der Waals surface area contributed by atoms with Crippen molar-refractivity contribution in [3.8, 4) is 0 Å². The predicted octanol–water partition coefficient (Wildman–Crippen LogP) is -11.2. The largest absolute Gasteiger partial charge is 0.756 e. The first-order valence-corrected chi connectivity index (χ1v) is 34.3. The molecule has 1 aromatic carbocycles. The Kier molecular flexibility index (Phi) is 30.0. The summed E-state index contributed by atoms with van der Waals surface area (Å²) in [5.41, 5.74) is 5.17. The van der Waals surface area contributed by atoms with E-state index in [1.165, 1.54) is 30.3 Å². The molecular formula is C60H86N6O39P-. The number of phosphoric acid groups is 1. The van der Waals surface area contributed by atoms with E-state index in [0.717, 1.165) is 31.5 Å². The van der Waals surface area contributed by atoms with Crippen LogP contribution >= 0.6 is 7.82 Å². The molecule has 0 radical (unpaired) electrons. The van der Waals surface area contributed by atoms with E-state index >= 15 is 0 Å². The van der Waals surface area contributed by atoms with Crippen molar-refractivity contribution in [1.29, 1.82) is 0 Å². The van der Waals surface area contributed by atoms with Gasteiger partial charge in [-0.3, -0.25) is 37.6 Å². The first kappa shape index (κ1) is 85.2. The number of aromatic nitrogens is 2. The average Bonchev–Trinajstić information content (AvgIpc) is 0.882. The topological polar surface area (TPSA) is 689 Å². The van der Waals surface area contributed by atoms with Crippen molar-refractivity contribution in [3.63, 3.8) is 0 Å². The molecule has 2 aromatic rings. The Hall–Kier alpha value is -6.46. The number of carboxylic acids is 1. The van der Waals surface area contributed by atoms with Crippen LogP contribution in [0.5, 0.6) is 0 Å². The zero-order valence-corrected chi connectivity index (χ0v) is 57.3. The van der Waals surface area contributed by atoms with Crippen molar-refractivity contribution >= 4 is 56.1 Å². The third-order valence-corrected chi connectivity index (χ3v) is 19.0. The number of benzene rings is 1. The van der Waals surface area contributed by atoms with Gasteiger partial charge in [0.05, 0.1) is 44.7 Å². The molecule has 11 unspecified atom stereocenters. The molecule has 0 spiro atoms. The number of nitrogens with two attached hydrogens (primary N) is 1. The number of aliphatic hydroxyl groups is 14. The fourth-order valence-corrected chi connectivity index (χ4v) is 13.6. The molecule has 6 aliphatic heterocycles. The first-order valence-electron chi connectivity index (χ1n) is 32.8. The second-order valence-corrected chi connectivity index (χ2v) is 26.9. The van der Waals surface area contributed by atoms with Crippen LogP contribution in [0.2, 0.25) is 0 Å². The maximum atomic E-state index is 13.3. The molecule has 596 valence electrons. The fraction of sp³-hybridized carbons (Fsp3) is 0.717. The average molecular weight is 1550 g/mol. The molecule has 6 fully saturated rings. The maximum Gasteiger partial charge on any atom is 0.364 e. The number of aliphatic hydroxyl groups excluding tert-OH is 14. The number of carboxylic acid groups (broad SMARTS) is 1. The van der Waals surface area contributed by atoms with E-state index in [1.54, 1.807) is 0 Å². The van der Waals surface area contributed by atoms with Crippen molar-refractivity contribution in [2.45, 2.75) is 231 Å². The number of nitrogens with zero attached hydrogens (tertiary/aromatic N) is 2. The monoisotopic (exact) mass is 1550 g/mol. The zero-order chi connectivity index (χ0) is 78.0. The molecule has 6 saturated heterocycles. The number of ether oxygens (including phenoxy) is 12. The van der Waals surface area contributed by atoms with Gasteiger partial charge in [0.2, 0.25) is 24.4 Å². The summed E-state index contributed by atoms with van der Waals surface area (Å²) in [4.78, 5) is 116. The van der Waals surface area contributed by atoms with E-state index in [0.29, 0.717) is 5.56 Å². The molecule has 0 aliphatic carbocycles. The number of hydrogen-bond donors (Lipinski definition) is 19. The van der Waals surface area contributed by atoms with Gasteiger partial charge in [0, 0.05) is 50.9 Å². The minimum Gasteiger partial charge on any atom is -0.756 e. The normalized spacial score (nSPS) is 38.0. The number of phosphoric ester groups is 1. The fourth-order valence-electron chi connectivity index (χ4n) is 12.7. The van der Waals surface area contributed by atoms with Crippen LogP contribution in [0, 0.1) is 5.92 Å². The Morgan fingerprint density at radius 2 is 1.26 bits per heavy atom. The van der Waals surface area contributed by atoms with Crippen molar-refractivity contribution in [2.24, 2.45) is 5.92 Å². The van der Waals surface area contributed by atoms with E-state index in [2.05, 4.69) is 20.9 Å². The number of carbonyl (C=O) groups excluding carboxylic acids is 6. The van der Waals surface area contributed by atoms with E-state index in [-0.39, 0.29) is 50.1 Å². The predicted molar refractivity (Wildman–Crippen MR) is 333 cm³/mol. The summed E-state index contributed by atoms with van der Waals surface area (Å²) in [5, 5.41) is 171.